The van der Waals surface area contributed by atoms with Crippen molar-refractivity contribution < 1.29 is 9.47 Å². The van der Waals surface area contributed by atoms with Crippen molar-refractivity contribution in [1.82, 2.24) is 4.98 Å². The molecule has 5 heteroatoms. The molecule has 0 unspecified atom stereocenters. The van der Waals surface area contributed by atoms with Crippen LogP contribution in [-0.2, 0) is 4.74 Å². The van der Waals surface area contributed by atoms with Gasteiger partial charge in [0.05, 0.1) is 19.4 Å². The fourth-order valence-corrected chi connectivity index (χ4v) is 1.27. The molecule has 0 aliphatic rings. The minimum Gasteiger partial charge on any atom is -0.481 e. The van der Waals surface area contributed by atoms with E-state index in [9.17, 15) is 0 Å². The summed E-state index contributed by atoms with van der Waals surface area (Å²) >= 11 is 0. The standard InChI is InChI=1S/C12H21N3O2/c1-9(2)8-17-7-6-14-12-10(13)4-5-11(15-12)16-3/h4-5,9H,6-8,13H2,1-3H3,(H,14,15). The minimum absolute atomic E-state index is 0.546. The maximum Gasteiger partial charge on any atom is 0.215 e. The maximum absolute atomic E-state index is 5.79. The lowest BCUT2D eigenvalue weighted by atomic mass is 10.2. The number of pyridine rings is 1. The molecule has 0 bridgehead atoms. The second kappa shape index (κ2) is 6.96. The number of hydrogen-bond acceptors (Lipinski definition) is 5. The number of methoxy groups -OCH3 is 1. The molecule has 0 aliphatic carbocycles. The molecule has 0 radical (unpaired) electrons. The van der Waals surface area contributed by atoms with Gasteiger partial charge in [-0.15, -0.1) is 0 Å². The third-order valence-corrected chi connectivity index (χ3v) is 2.10. The first-order valence-corrected chi connectivity index (χ1v) is 5.75. The first-order chi connectivity index (χ1) is 8.13. The zero-order valence-electron chi connectivity index (χ0n) is 10.7. The maximum atomic E-state index is 5.79. The largest absolute Gasteiger partial charge is 0.481 e. The number of nitrogens with two attached hydrogens (primary N) is 1. The van der Waals surface area contributed by atoms with Crippen molar-refractivity contribution in [3.05, 3.63) is 12.1 Å². The van der Waals surface area contributed by atoms with Crippen LogP contribution in [0.4, 0.5) is 11.5 Å². The van der Waals surface area contributed by atoms with Crippen molar-refractivity contribution in [1.29, 1.82) is 0 Å². The monoisotopic (exact) mass is 239 g/mol. The van der Waals surface area contributed by atoms with Gasteiger partial charge in [-0.3, -0.25) is 0 Å². The first kappa shape index (κ1) is 13.6. The molecule has 96 valence electrons. The highest BCUT2D eigenvalue weighted by Gasteiger charge is 2.02. The quantitative estimate of drug-likeness (QED) is 0.709. The van der Waals surface area contributed by atoms with Crippen LogP contribution in [-0.4, -0.2) is 31.9 Å². The lowest BCUT2D eigenvalue weighted by Crippen LogP contribution is -2.14. The van der Waals surface area contributed by atoms with Crippen LogP contribution in [0.25, 0.3) is 0 Å². The van der Waals surface area contributed by atoms with E-state index in [1.807, 2.05) is 0 Å². The summed E-state index contributed by atoms with van der Waals surface area (Å²) in [6.45, 7) is 6.32. The molecule has 1 aromatic heterocycles. The molecule has 5 nitrogen and oxygen atoms in total. The highest BCUT2D eigenvalue weighted by molar-refractivity contribution is 5.61. The molecule has 0 saturated carbocycles. The number of ether oxygens (including phenoxy) is 2. The second-order valence-electron chi connectivity index (χ2n) is 4.19. The van der Waals surface area contributed by atoms with Crippen LogP contribution in [0.5, 0.6) is 5.88 Å². The van der Waals surface area contributed by atoms with E-state index in [2.05, 4.69) is 24.1 Å². The number of rotatable bonds is 7. The van der Waals surface area contributed by atoms with Crippen LogP contribution in [0.15, 0.2) is 12.1 Å². The van der Waals surface area contributed by atoms with Crippen molar-refractivity contribution in [3.8, 4) is 5.88 Å². The van der Waals surface area contributed by atoms with Crippen molar-refractivity contribution in [2.75, 3.05) is 37.9 Å². The third-order valence-electron chi connectivity index (χ3n) is 2.10. The van der Waals surface area contributed by atoms with E-state index in [-0.39, 0.29) is 0 Å². The molecule has 0 aromatic carbocycles. The Morgan fingerprint density at radius 1 is 1.41 bits per heavy atom. The van der Waals surface area contributed by atoms with Gasteiger partial charge < -0.3 is 20.5 Å². The predicted molar refractivity (Wildman–Crippen MR) is 69.3 cm³/mol. The number of hydrogen-bond donors (Lipinski definition) is 2. The Morgan fingerprint density at radius 2 is 2.18 bits per heavy atom. The van der Waals surface area contributed by atoms with Crippen LogP contribution >= 0.6 is 0 Å². The van der Waals surface area contributed by atoms with Gasteiger partial charge in [-0.2, -0.15) is 4.98 Å². The predicted octanol–water partition coefficient (Wildman–Crippen LogP) is 1.76. The van der Waals surface area contributed by atoms with Gasteiger partial charge >= 0.3 is 0 Å². The molecule has 0 spiro atoms. The molecular formula is C12H21N3O2. The van der Waals surface area contributed by atoms with Gasteiger partial charge in [-0.05, 0) is 12.0 Å². The van der Waals surface area contributed by atoms with Crippen LogP contribution < -0.4 is 15.8 Å². The second-order valence-corrected chi connectivity index (χ2v) is 4.19. The Kier molecular flexibility index (Phi) is 5.56. The number of nitrogen functional groups attached to an aromatic ring is 1. The van der Waals surface area contributed by atoms with Crippen LogP contribution in [0.1, 0.15) is 13.8 Å². The van der Waals surface area contributed by atoms with Crippen molar-refractivity contribution in [2.45, 2.75) is 13.8 Å². The third kappa shape index (κ3) is 4.91. The van der Waals surface area contributed by atoms with Gasteiger partial charge in [0, 0.05) is 19.2 Å². The summed E-state index contributed by atoms with van der Waals surface area (Å²) < 4.78 is 10.5. The summed E-state index contributed by atoms with van der Waals surface area (Å²) in [6.07, 6.45) is 0. The molecule has 0 saturated heterocycles. The highest BCUT2D eigenvalue weighted by Crippen LogP contribution is 2.18. The summed E-state index contributed by atoms with van der Waals surface area (Å²) in [6, 6.07) is 3.50. The van der Waals surface area contributed by atoms with Crippen molar-refractivity contribution in [3.63, 3.8) is 0 Å². The SMILES string of the molecule is COc1ccc(N)c(NCCOCC(C)C)n1. The Hall–Kier alpha value is -1.49. The molecule has 0 fully saturated rings. The lowest BCUT2D eigenvalue weighted by Gasteiger charge is -2.10. The minimum atomic E-state index is 0.546. The van der Waals surface area contributed by atoms with Gasteiger partial charge in [0.2, 0.25) is 5.88 Å². The number of anilines is 2. The molecular weight excluding hydrogens is 218 g/mol. The fraction of sp³-hybridized carbons (Fsp3) is 0.583. The summed E-state index contributed by atoms with van der Waals surface area (Å²) in [5, 5.41) is 3.12. The summed E-state index contributed by atoms with van der Waals surface area (Å²) in [5.41, 5.74) is 6.39. The zero-order valence-corrected chi connectivity index (χ0v) is 10.7. The Balaban J connectivity index is 2.35. The molecule has 1 aromatic rings. The molecule has 1 heterocycles. The van der Waals surface area contributed by atoms with Crippen LogP contribution in [0, 0.1) is 5.92 Å². The normalized spacial score (nSPS) is 10.6. The Bertz CT molecular complexity index is 343. The number of aromatic nitrogens is 1. The highest BCUT2D eigenvalue weighted by atomic mass is 16.5. The van der Waals surface area contributed by atoms with Crippen LogP contribution in [0.2, 0.25) is 0 Å². The lowest BCUT2D eigenvalue weighted by molar-refractivity contribution is 0.118. The smallest absolute Gasteiger partial charge is 0.215 e. The van der Waals surface area contributed by atoms with Gasteiger partial charge in [-0.1, -0.05) is 13.8 Å². The molecule has 0 aliphatic heterocycles. The Labute approximate surface area is 102 Å². The molecule has 0 amide bonds. The zero-order chi connectivity index (χ0) is 12.7. The summed E-state index contributed by atoms with van der Waals surface area (Å²) in [4.78, 5) is 4.21. The van der Waals surface area contributed by atoms with Gasteiger partial charge in [-0.25, -0.2) is 0 Å². The van der Waals surface area contributed by atoms with Crippen LogP contribution in [0.3, 0.4) is 0 Å². The van der Waals surface area contributed by atoms with E-state index >= 15 is 0 Å². The van der Waals surface area contributed by atoms with E-state index < -0.39 is 0 Å². The summed E-state index contributed by atoms with van der Waals surface area (Å²) in [7, 11) is 1.58. The van der Waals surface area contributed by atoms with E-state index in [0.717, 1.165) is 6.61 Å². The van der Waals surface area contributed by atoms with Crippen molar-refractivity contribution >= 4 is 11.5 Å². The van der Waals surface area contributed by atoms with E-state index in [1.54, 1.807) is 19.2 Å². The topological polar surface area (TPSA) is 69.4 Å². The van der Waals surface area contributed by atoms with E-state index in [1.165, 1.54) is 0 Å². The fourth-order valence-electron chi connectivity index (χ4n) is 1.27. The number of nitrogens with zero attached hydrogens (tertiary/aromatic N) is 1. The van der Waals surface area contributed by atoms with E-state index in [4.69, 9.17) is 15.2 Å². The van der Waals surface area contributed by atoms with E-state index in [0.29, 0.717) is 36.5 Å². The van der Waals surface area contributed by atoms with Crippen molar-refractivity contribution in [2.24, 2.45) is 5.92 Å². The van der Waals surface area contributed by atoms with Gasteiger partial charge in [0.25, 0.3) is 0 Å². The molecule has 17 heavy (non-hydrogen) atoms. The molecule has 3 N–H and O–H groups in total. The first-order valence-electron chi connectivity index (χ1n) is 5.75. The Morgan fingerprint density at radius 3 is 2.82 bits per heavy atom. The number of nitrogens with one attached hydrogen (secondary N) is 1. The summed E-state index contributed by atoms with van der Waals surface area (Å²) in [5.74, 6) is 1.73. The average Bonchev–Trinajstić information content (AvgIpc) is 2.30. The van der Waals surface area contributed by atoms with Gasteiger partial charge in [0.1, 0.15) is 0 Å². The van der Waals surface area contributed by atoms with Gasteiger partial charge in [0.15, 0.2) is 5.82 Å². The molecule has 1 rings (SSSR count). The average molecular weight is 239 g/mol. The molecule has 0 atom stereocenters.